The molecular weight excluding hydrogens is 298 g/mol. The van der Waals surface area contributed by atoms with Crippen LogP contribution in [0.2, 0.25) is 5.02 Å². The van der Waals surface area contributed by atoms with E-state index in [1.165, 1.54) is 0 Å². The summed E-state index contributed by atoms with van der Waals surface area (Å²) in [5.41, 5.74) is 1.12. The second-order valence-electron chi connectivity index (χ2n) is 3.95. The molecule has 20 heavy (non-hydrogen) atoms. The number of nitrogens with one attached hydrogen (secondary N) is 3. The van der Waals surface area contributed by atoms with Gasteiger partial charge in [0.05, 0.1) is 10.7 Å². The molecule has 1 aromatic carbocycles. The lowest BCUT2D eigenvalue weighted by Crippen LogP contribution is -2.33. The summed E-state index contributed by atoms with van der Waals surface area (Å²) >= 11 is 11.0. The van der Waals surface area contributed by atoms with Gasteiger partial charge in [-0.15, -0.1) is 0 Å². The van der Waals surface area contributed by atoms with Crippen LogP contribution in [0.25, 0.3) is 0 Å². The zero-order valence-corrected chi connectivity index (χ0v) is 12.8. The van der Waals surface area contributed by atoms with Crippen molar-refractivity contribution in [3.63, 3.8) is 0 Å². The van der Waals surface area contributed by atoms with Crippen LogP contribution in [0.1, 0.15) is 26.7 Å². The summed E-state index contributed by atoms with van der Waals surface area (Å²) < 4.78 is 0. The highest BCUT2D eigenvalue weighted by molar-refractivity contribution is 7.80. The third-order valence-electron chi connectivity index (χ3n) is 2.39. The number of anilines is 2. The molecule has 0 radical (unpaired) electrons. The lowest BCUT2D eigenvalue weighted by molar-refractivity contribution is -0.119. The fourth-order valence-electron chi connectivity index (χ4n) is 1.32. The molecule has 0 heterocycles. The SMILES string of the molecule is CCC(=O)NC(=S)Nc1cc(NC(=O)CC)ccc1Cl. The Morgan fingerprint density at radius 2 is 1.80 bits per heavy atom. The largest absolute Gasteiger partial charge is 0.331 e. The van der Waals surface area contributed by atoms with Gasteiger partial charge < -0.3 is 16.0 Å². The minimum Gasteiger partial charge on any atom is -0.331 e. The first-order valence-corrected chi connectivity index (χ1v) is 6.95. The molecule has 0 aromatic heterocycles. The van der Waals surface area contributed by atoms with E-state index >= 15 is 0 Å². The van der Waals surface area contributed by atoms with Crippen molar-refractivity contribution in [2.75, 3.05) is 10.6 Å². The van der Waals surface area contributed by atoms with Crippen LogP contribution in [0.5, 0.6) is 0 Å². The normalized spacial score (nSPS) is 9.75. The van der Waals surface area contributed by atoms with Crippen LogP contribution in [-0.2, 0) is 9.59 Å². The van der Waals surface area contributed by atoms with Crippen molar-refractivity contribution in [2.45, 2.75) is 26.7 Å². The highest BCUT2D eigenvalue weighted by Crippen LogP contribution is 2.25. The predicted molar refractivity (Wildman–Crippen MR) is 85.0 cm³/mol. The molecule has 0 fully saturated rings. The van der Waals surface area contributed by atoms with E-state index in [9.17, 15) is 9.59 Å². The average molecular weight is 314 g/mol. The fraction of sp³-hybridized carbons (Fsp3) is 0.308. The number of hydrogen-bond donors (Lipinski definition) is 3. The van der Waals surface area contributed by atoms with Gasteiger partial charge in [-0.3, -0.25) is 9.59 Å². The van der Waals surface area contributed by atoms with Gasteiger partial charge >= 0.3 is 0 Å². The van der Waals surface area contributed by atoms with Crippen LogP contribution in [0.3, 0.4) is 0 Å². The van der Waals surface area contributed by atoms with Gasteiger partial charge in [0.1, 0.15) is 0 Å². The summed E-state index contributed by atoms with van der Waals surface area (Å²) in [6.45, 7) is 3.49. The molecule has 1 aromatic rings. The number of rotatable bonds is 4. The molecule has 0 saturated heterocycles. The van der Waals surface area contributed by atoms with Crippen LogP contribution in [-0.4, -0.2) is 16.9 Å². The van der Waals surface area contributed by atoms with Crippen molar-refractivity contribution in [1.82, 2.24) is 5.32 Å². The minimum atomic E-state index is -0.186. The van der Waals surface area contributed by atoms with Gasteiger partial charge in [0.25, 0.3) is 0 Å². The summed E-state index contributed by atoms with van der Waals surface area (Å²) in [5.74, 6) is -0.283. The van der Waals surface area contributed by atoms with Gasteiger partial charge in [-0.1, -0.05) is 25.4 Å². The maximum atomic E-state index is 11.3. The Balaban J connectivity index is 2.78. The smallest absolute Gasteiger partial charge is 0.225 e. The molecule has 1 rings (SSSR count). The van der Waals surface area contributed by atoms with Crippen molar-refractivity contribution >= 4 is 52.1 Å². The predicted octanol–water partition coefficient (Wildman–Crippen LogP) is 2.91. The van der Waals surface area contributed by atoms with Crippen LogP contribution < -0.4 is 16.0 Å². The number of amides is 2. The molecule has 0 bridgehead atoms. The van der Waals surface area contributed by atoms with Crippen LogP contribution >= 0.6 is 23.8 Å². The molecule has 7 heteroatoms. The molecule has 108 valence electrons. The highest BCUT2D eigenvalue weighted by Gasteiger charge is 2.07. The molecule has 2 amide bonds. The Kier molecular flexibility index (Phi) is 6.41. The summed E-state index contributed by atoms with van der Waals surface area (Å²) in [4.78, 5) is 22.6. The summed E-state index contributed by atoms with van der Waals surface area (Å²) in [7, 11) is 0. The van der Waals surface area contributed by atoms with Gasteiger partial charge in [-0.25, -0.2) is 0 Å². The second kappa shape index (κ2) is 7.81. The monoisotopic (exact) mass is 313 g/mol. The average Bonchev–Trinajstić information content (AvgIpc) is 2.42. The molecule has 0 aliphatic rings. The maximum Gasteiger partial charge on any atom is 0.225 e. The molecule has 0 spiro atoms. The van der Waals surface area contributed by atoms with E-state index in [1.54, 1.807) is 32.0 Å². The van der Waals surface area contributed by atoms with Crippen molar-refractivity contribution in [1.29, 1.82) is 0 Å². The van der Waals surface area contributed by atoms with E-state index < -0.39 is 0 Å². The Hall–Kier alpha value is -1.66. The van der Waals surface area contributed by atoms with Crippen LogP contribution in [0.4, 0.5) is 11.4 Å². The number of halogens is 1. The number of carbonyl (C=O) groups excluding carboxylic acids is 2. The van der Waals surface area contributed by atoms with E-state index in [4.69, 9.17) is 23.8 Å². The second-order valence-corrected chi connectivity index (χ2v) is 4.77. The third kappa shape index (κ3) is 5.14. The van der Waals surface area contributed by atoms with Gasteiger partial charge in [0, 0.05) is 18.5 Å². The van der Waals surface area contributed by atoms with E-state index in [1.807, 2.05) is 0 Å². The van der Waals surface area contributed by atoms with Crippen molar-refractivity contribution in [2.24, 2.45) is 0 Å². The first-order chi connectivity index (χ1) is 9.46. The minimum absolute atomic E-state index is 0.0971. The molecule has 5 nitrogen and oxygen atoms in total. The standard InChI is InChI=1S/C13H16ClN3O2S/c1-3-11(18)15-8-5-6-9(14)10(7-8)16-13(20)17-12(19)4-2/h5-7H,3-4H2,1-2H3,(H,15,18)(H2,16,17,19,20). The maximum absolute atomic E-state index is 11.3. The first-order valence-electron chi connectivity index (χ1n) is 6.16. The fourth-order valence-corrected chi connectivity index (χ4v) is 1.71. The highest BCUT2D eigenvalue weighted by atomic mass is 35.5. The zero-order valence-electron chi connectivity index (χ0n) is 11.2. The molecule has 0 saturated carbocycles. The zero-order chi connectivity index (χ0) is 15.1. The van der Waals surface area contributed by atoms with Crippen molar-refractivity contribution < 1.29 is 9.59 Å². The molecule has 3 N–H and O–H groups in total. The lowest BCUT2D eigenvalue weighted by Gasteiger charge is -2.12. The molecule has 0 atom stereocenters. The Morgan fingerprint density at radius 1 is 1.15 bits per heavy atom. The summed E-state index contributed by atoms with van der Waals surface area (Å²) in [6, 6.07) is 4.98. The molecule has 0 aliphatic carbocycles. The molecule has 0 unspecified atom stereocenters. The molecular formula is C13H16ClN3O2S. The third-order valence-corrected chi connectivity index (χ3v) is 2.93. The number of thiocarbonyl (C=S) groups is 1. The van der Waals surface area contributed by atoms with Crippen LogP contribution in [0, 0.1) is 0 Å². The van der Waals surface area contributed by atoms with Gasteiger partial charge in [0.15, 0.2) is 5.11 Å². The van der Waals surface area contributed by atoms with E-state index in [0.717, 1.165) is 0 Å². The van der Waals surface area contributed by atoms with Gasteiger partial charge in [0.2, 0.25) is 11.8 Å². The Labute approximate surface area is 128 Å². The van der Waals surface area contributed by atoms with Gasteiger partial charge in [-0.2, -0.15) is 0 Å². The topological polar surface area (TPSA) is 70.2 Å². The molecule has 0 aliphatic heterocycles. The van der Waals surface area contributed by atoms with Crippen LogP contribution in [0.15, 0.2) is 18.2 Å². The van der Waals surface area contributed by atoms with Crippen molar-refractivity contribution in [3.05, 3.63) is 23.2 Å². The first kappa shape index (κ1) is 16.4. The summed E-state index contributed by atoms with van der Waals surface area (Å²) in [5, 5.41) is 8.65. The Bertz CT molecular complexity index is 534. The van der Waals surface area contributed by atoms with E-state index in [-0.39, 0.29) is 16.9 Å². The quantitative estimate of drug-likeness (QED) is 0.748. The Morgan fingerprint density at radius 3 is 2.40 bits per heavy atom. The van der Waals surface area contributed by atoms with E-state index in [0.29, 0.717) is 29.2 Å². The number of hydrogen-bond acceptors (Lipinski definition) is 3. The lowest BCUT2D eigenvalue weighted by atomic mass is 10.2. The van der Waals surface area contributed by atoms with Gasteiger partial charge in [-0.05, 0) is 30.4 Å². The number of carbonyl (C=O) groups is 2. The van der Waals surface area contributed by atoms with E-state index in [2.05, 4.69) is 16.0 Å². The van der Waals surface area contributed by atoms with Crippen molar-refractivity contribution in [3.8, 4) is 0 Å². The number of benzene rings is 1. The summed E-state index contributed by atoms with van der Waals surface area (Å²) in [6.07, 6.45) is 0.721.